The molecule has 0 atom stereocenters. The van der Waals surface area contributed by atoms with E-state index in [-0.39, 0.29) is 0 Å². The second-order valence-electron chi connectivity index (χ2n) is 3.93. The van der Waals surface area contributed by atoms with Crippen molar-refractivity contribution in [3.8, 4) is 11.5 Å². The highest BCUT2D eigenvalue weighted by atomic mass is 16.5. The molecule has 18 heavy (non-hydrogen) atoms. The second kappa shape index (κ2) is 5.55. The summed E-state index contributed by atoms with van der Waals surface area (Å²) in [5, 5.41) is 0. The summed E-state index contributed by atoms with van der Waals surface area (Å²) in [6.45, 7) is 0.844. The summed E-state index contributed by atoms with van der Waals surface area (Å²) in [5.74, 6) is 2.37. The van der Waals surface area contributed by atoms with Gasteiger partial charge in [-0.2, -0.15) is 0 Å². The standard InChI is InChI=1S/C13H17N3O2/c1-16-8-10(7-14)15-13(16)9-18-12-5-3-4-11(6-12)17-2/h3-6,8H,7,9,14H2,1-2H3. The predicted octanol–water partition coefficient (Wildman–Crippen LogP) is 1.47. The maximum atomic E-state index is 5.67. The minimum atomic E-state index is 0.406. The summed E-state index contributed by atoms with van der Waals surface area (Å²) in [7, 11) is 3.56. The summed E-state index contributed by atoms with van der Waals surface area (Å²) in [6.07, 6.45) is 1.91. The molecular formula is C13H17N3O2. The molecule has 0 spiro atoms. The van der Waals surface area contributed by atoms with Crippen LogP contribution in [0.25, 0.3) is 0 Å². The van der Waals surface area contributed by atoms with Crippen LogP contribution in [0.15, 0.2) is 30.5 Å². The van der Waals surface area contributed by atoms with Crippen LogP contribution < -0.4 is 15.2 Å². The molecule has 2 aromatic rings. The zero-order valence-electron chi connectivity index (χ0n) is 10.6. The van der Waals surface area contributed by atoms with Crippen LogP contribution in [-0.2, 0) is 20.2 Å². The number of methoxy groups -OCH3 is 1. The highest BCUT2D eigenvalue weighted by Crippen LogP contribution is 2.19. The van der Waals surface area contributed by atoms with Gasteiger partial charge in [-0.3, -0.25) is 0 Å². The van der Waals surface area contributed by atoms with Gasteiger partial charge in [-0.05, 0) is 12.1 Å². The van der Waals surface area contributed by atoms with Crippen molar-refractivity contribution in [3.05, 3.63) is 42.0 Å². The van der Waals surface area contributed by atoms with Crippen LogP contribution in [0, 0.1) is 0 Å². The first-order chi connectivity index (χ1) is 8.72. The van der Waals surface area contributed by atoms with Gasteiger partial charge in [-0.1, -0.05) is 6.07 Å². The molecule has 5 nitrogen and oxygen atoms in total. The number of imidazole rings is 1. The molecule has 2 N–H and O–H groups in total. The third-order valence-electron chi connectivity index (χ3n) is 2.64. The SMILES string of the molecule is COc1cccc(OCc2nc(CN)cn2C)c1. The Labute approximate surface area is 106 Å². The van der Waals surface area contributed by atoms with Crippen LogP contribution >= 0.6 is 0 Å². The Hall–Kier alpha value is -2.01. The highest BCUT2D eigenvalue weighted by molar-refractivity contribution is 5.32. The highest BCUT2D eigenvalue weighted by Gasteiger charge is 2.05. The summed E-state index contributed by atoms with van der Waals surface area (Å²) in [6, 6.07) is 7.49. The topological polar surface area (TPSA) is 62.3 Å². The number of aryl methyl sites for hydroxylation is 1. The molecule has 1 aromatic heterocycles. The number of nitrogens with two attached hydrogens (primary N) is 1. The van der Waals surface area contributed by atoms with E-state index in [0.29, 0.717) is 13.2 Å². The fraction of sp³-hybridized carbons (Fsp3) is 0.308. The van der Waals surface area contributed by atoms with Gasteiger partial charge in [0, 0.05) is 25.9 Å². The van der Waals surface area contributed by atoms with Crippen molar-refractivity contribution in [1.29, 1.82) is 0 Å². The molecule has 0 aliphatic heterocycles. The number of hydrogen-bond acceptors (Lipinski definition) is 4. The Morgan fingerprint density at radius 2 is 2.11 bits per heavy atom. The normalized spacial score (nSPS) is 10.4. The molecule has 1 aromatic carbocycles. The van der Waals surface area contributed by atoms with Crippen LogP contribution in [0.2, 0.25) is 0 Å². The lowest BCUT2D eigenvalue weighted by molar-refractivity contribution is 0.289. The zero-order chi connectivity index (χ0) is 13.0. The molecule has 2 rings (SSSR count). The average Bonchev–Trinajstić information content (AvgIpc) is 2.77. The molecule has 0 fully saturated rings. The second-order valence-corrected chi connectivity index (χ2v) is 3.93. The van der Waals surface area contributed by atoms with E-state index in [2.05, 4.69) is 4.98 Å². The summed E-state index contributed by atoms with van der Waals surface area (Å²) in [5.41, 5.74) is 6.41. The fourth-order valence-electron chi connectivity index (χ4n) is 1.64. The van der Waals surface area contributed by atoms with Crippen molar-refractivity contribution >= 4 is 0 Å². The average molecular weight is 247 g/mol. The van der Waals surface area contributed by atoms with Crippen molar-refractivity contribution in [3.63, 3.8) is 0 Å². The van der Waals surface area contributed by atoms with E-state index in [9.17, 15) is 0 Å². The molecular weight excluding hydrogens is 230 g/mol. The fourth-order valence-corrected chi connectivity index (χ4v) is 1.64. The van der Waals surface area contributed by atoms with Crippen LogP contribution in [0.1, 0.15) is 11.5 Å². The Morgan fingerprint density at radius 1 is 1.33 bits per heavy atom. The lowest BCUT2D eigenvalue weighted by Gasteiger charge is -2.07. The molecule has 0 amide bonds. The van der Waals surface area contributed by atoms with Crippen molar-refractivity contribution in [2.45, 2.75) is 13.2 Å². The van der Waals surface area contributed by atoms with E-state index in [1.165, 1.54) is 0 Å². The number of hydrogen-bond donors (Lipinski definition) is 1. The van der Waals surface area contributed by atoms with Crippen LogP contribution in [0.3, 0.4) is 0 Å². The van der Waals surface area contributed by atoms with E-state index in [1.807, 2.05) is 42.1 Å². The van der Waals surface area contributed by atoms with Gasteiger partial charge in [-0.15, -0.1) is 0 Å². The Bertz CT molecular complexity index is 523. The molecule has 0 aliphatic rings. The van der Waals surface area contributed by atoms with Crippen LogP contribution in [-0.4, -0.2) is 16.7 Å². The molecule has 0 bridgehead atoms. The van der Waals surface area contributed by atoms with Crippen molar-refractivity contribution in [2.24, 2.45) is 12.8 Å². The lowest BCUT2D eigenvalue weighted by atomic mass is 10.3. The van der Waals surface area contributed by atoms with E-state index in [1.54, 1.807) is 7.11 Å². The maximum Gasteiger partial charge on any atom is 0.146 e. The molecule has 0 unspecified atom stereocenters. The molecule has 0 radical (unpaired) electrons. The first-order valence-electron chi connectivity index (χ1n) is 5.71. The first-order valence-corrected chi connectivity index (χ1v) is 5.71. The molecule has 1 heterocycles. The van der Waals surface area contributed by atoms with Gasteiger partial charge in [0.15, 0.2) is 0 Å². The van der Waals surface area contributed by atoms with Gasteiger partial charge in [0.1, 0.15) is 23.9 Å². The predicted molar refractivity (Wildman–Crippen MR) is 68.4 cm³/mol. The summed E-state index contributed by atoms with van der Waals surface area (Å²) >= 11 is 0. The van der Waals surface area contributed by atoms with Gasteiger partial charge in [-0.25, -0.2) is 4.98 Å². The van der Waals surface area contributed by atoms with Gasteiger partial charge in [0.05, 0.1) is 12.8 Å². The molecule has 5 heteroatoms. The minimum absolute atomic E-state index is 0.406. The lowest BCUT2D eigenvalue weighted by Crippen LogP contribution is -2.03. The van der Waals surface area contributed by atoms with Gasteiger partial charge in [0.25, 0.3) is 0 Å². The Balaban J connectivity index is 2.03. The van der Waals surface area contributed by atoms with E-state index < -0.39 is 0 Å². The third kappa shape index (κ3) is 2.81. The number of aromatic nitrogens is 2. The maximum absolute atomic E-state index is 5.67. The number of ether oxygens (including phenoxy) is 2. The van der Waals surface area contributed by atoms with Gasteiger partial charge < -0.3 is 19.8 Å². The number of rotatable bonds is 5. The van der Waals surface area contributed by atoms with E-state index in [4.69, 9.17) is 15.2 Å². The molecule has 0 aliphatic carbocycles. The minimum Gasteiger partial charge on any atom is -0.497 e. The smallest absolute Gasteiger partial charge is 0.146 e. The number of benzene rings is 1. The van der Waals surface area contributed by atoms with Crippen molar-refractivity contribution < 1.29 is 9.47 Å². The van der Waals surface area contributed by atoms with E-state index >= 15 is 0 Å². The van der Waals surface area contributed by atoms with E-state index in [0.717, 1.165) is 23.0 Å². The van der Waals surface area contributed by atoms with Crippen LogP contribution in [0.5, 0.6) is 11.5 Å². The Morgan fingerprint density at radius 3 is 2.78 bits per heavy atom. The van der Waals surface area contributed by atoms with Crippen molar-refractivity contribution in [1.82, 2.24) is 9.55 Å². The Kier molecular flexibility index (Phi) is 3.84. The largest absolute Gasteiger partial charge is 0.497 e. The third-order valence-corrected chi connectivity index (χ3v) is 2.64. The summed E-state index contributed by atoms with van der Waals surface area (Å²) < 4.78 is 12.7. The van der Waals surface area contributed by atoms with Crippen molar-refractivity contribution in [2.75, 3.05) is 7.11 Å². The monoisotopic (exact) mass is 247 g/mol. The zero-order valence-corrected chi connectivity index (χ0v) is 10.6. The van der Waals surface area contributed by atoms with Gasteiger partial charge >= 0.3 is 0 Å². The number of nitrogens with zero attached hydrogens (tertiary/aromatic N) is 2. The summed E-state index contributed by atoms with van der Waals surface area (Å²) in [4.78, 5) is 4.37. The molecule has 0 saturated heterocycles. The quantitative estimate of drug-likeness (QED) is 0.869. The van der Waals surface area contributed by atoms with Gasteiger partial charge in [0.2, 0.25) is 0 Å². The first kappa shape index (κ1) is 12.4. The molecule has 96 valence electrons. The molecule has 0 saturated carbocycles. The van der Waals surface area contributed by atoms with Crippen LogP contribution in [0.4, 0.5) is 0 Å².